The summed E-state index contributed by atoms with van der Waals surface area (Å²) < 4.78 is 16.6. The molecule has 0 aromatic heterocycles. The zero-order chi connectivity index (χ0) is 45.1. The van der Waals surface area contributed by atoms with Crippen molar-refractivity contribution < 1.29 is 28.6 Å². The van der Waals surface area contributed by atoms with Crippen LogP contribution < -0.4 is 0 Å². The standard InChI is InChI=1S/C56H92O6/c1-4-7-10-13-16-19-21-23-25-27-28-29-31-32-34-37-40-43-46-49-55(58)61-52-53(51-60-54(57)48-45-42-39-36-18-15-12-9-6-3)62-56(59)50-47-44-41-38-35-33-30-26-24-22-20-17-14-11-8-5-2/h8,11,16-17,19-21,23-24,26,33,35-36,39,41,44,53H,4-7,9-10,12-15,18,22,25,27-32,34,37-38,40,42-43,45-52H2,1-3H3/b11-8-,19-16-,20-17-,23-21-,26-24-,35-33-,39-36-,44-41-. The molecule has 6 heteroatoms. The lowest BCUT2D eigenvalue weighted by Gasteiger charge is -2.18. The molecule has 0 aliphatic rings. The SMILES string of the molecule is CC/C=C\C/C=C\C/C=C\C/C=C\C/C=C\CCC(=O)OC(COC(=O)CCC/C=C\CCCCCC)COC(=O)CCCCCCCCCCCC/C=C\C=C/CCCCC. The number of hydrogen-bond acceptors (Lipinski definition) is 6. The van der Waals surface area contributed by atoms with Crippen LogP contribution in [0.4, 0.5) is 0 Å². The predicted octanol–water partition coefficient (Wildman–Crippen LogP) is 16.6. The summed E-state index contributed by atoms with van der Waals surface area (Å²) in [6, 6.07) is 0. The number of allylic oxidation sites excluding steroid dienone is 16. The van der Waals surface area contributed by atoms with Crippen LogP contribution in [0.2, 0.25) is 0 Å². The van der Waals surface area contributed by atoms with Gasteiger partial charge in [0, 0.05) is 19.3 Å². The van der Waals surface area contributed by atoms with Crippen molar-refractivity contribution in [1.29, 1.82) is 0 Å². The monoisotopic (exact) mass is 861 g/mol. The lowest BCUT2D eigenvalue weighted by Crippen LogP contribution is -2.30. The van der Waals surface area contributed by atoms with E-state index in [1.807, 2.05) is 12.2 Å². The molecule has 0 N–H and O–H groups in total. The molecule has 1 atom stereocenters. The summed E-state index contributed by atoms with van der Waals surface area (Å²) in [6.45, 7) is 6.36. The molecule has 0 aromatic rings. The van der Waals surface area contributed by atoms with Crippen molar-refractivity contribution >= 4 is 17.9 Å². The highest BCUT2D eigenvalue weighted by Gasteiger charge is 2.19. The van der Waals surface area contributed by atoms with Gasteiger partial charge >= 0.3 is 17.9 Å². The van der Waals surface area contributed by atoms with E-state index in [0.29, 0.717) is 25.7 Å². The maximum absolute atomic E-state index is 12.7. The van der Waals surface area contributed by atoms with Gasteiger partial charge in [-0.05, 0) is 96.3 Å². The molecular formula is C56H92O6. The first kappa shape index (κ1) is 58.3. The zero-order valence-electron chi connectivity index (χ0n) is 40.1. The Morgan fingerprint density at radius 3 is 1.24 bits per heavy atom. The molecule has 0 aromatic carbocycles. The highest BCUT2D eigenvalue weighted by Crippen LogP contribution is 2.13. The number of rotatable bonds is 44. The molecule has 0 fully saturated rings. The molecule has 0 spiro atoms. The van der Waals surface area contributed by atoms with Crippen molar-refractivity contribution in [2.45, 2.75) is 226 Å². The average Bonchev–Trinajstić information content (AvgIpc) is 3.27. The Bertz CT molecular complexity index is 1260. The second kappa shape index (κ2) is 50.0. The largest absolute Gasteiger partial charge is 0.462 e. The molecular weight excluding hydrogens is 769 g/mol. The van der Waals surface area contributed by atoms with E-state index in [4.69, 9.17) is 14.2 Å². The quantitative estimate of drug-likeness (QED) is 0.0200. The van der Waals surface area contributed by atoms with Gasteiger partial charge in [0.15, 0.2) is 6.10 Å². The van der Waals surface area contributed by atoms with Gasteiger partial charge in [0.25, 0.3) is 0 Å². The van der Waals surface area contributed by atoms with Crippen LogP contribution in [0.15, 0.2) is 97.2 Å². The fourth-order valence-corrected chi connectivity index (χ4v) is 6.54. The minimum atomic E-state index is -0.828. The second-order valence-corrected chi connectivity index (χ2v) is 16.4. The summed E-state index contributed by atoms with van der Waals surface area (Å²) in [6.07, 6.45) is 65.6. The fourth-order valence-electron chi connectivity index (χ4n) is 6.54. The van der Waals surface area contributed by atoms with Gasteiger partial charge < -0.3 is 14.2 Å². The van der Waals surface area contributed by atoms with E-state index < -0.39 is 12.1 Å². The lowest BCUT2D eigenvalue weighted by molar-refractivity contribution is -0.166. The lowest BCUT2D eigenvalue weighted by atomic mass is 10.1. The summed E-state index contributed by atoms with van der Waals surface area (Å²) in [5, 5.41) is 0. The summed E-state index contributed by atoms with van der Waals surface area (Å²) >= 11 is 0. The molecule has 0 aliphatic heterocycles. The zero-order valence-corrected chi connectivity index (χ0v) is 40.1. The topological polar surface area (TPSA) is 78.9 Å². The molecule has 62 heavy (non-hydrogen) atoms. The van der Waals surface area contributed by atoms with Crippen LogP contribution in [0.3, 0.4) is 0 Å². The summed E-state index contributed by atoms with van der Waals surface area (Å²) in [7, 11) is 0. The average molecular weight is 861 g/mol. The van der Waals surface area contributed by atoms with Gasteiger partial charge in [-0.25, -0.2) is 0 Å². The van der Waals surface area contributed by atoms with Crippen molar-refractivity contribution in [3.05, 3.63) is 97.2 Å². The molecule has 1 unspecified atom stereocenters. The summed E-state index contributed by atoms with van der Waals surface area (Å²) in [5.74, 6) is -1.05. The first-order chi connectivity index (χ1) is 30.5. The second-order valence-electron chi connectivity index (χ2n) is 16.4. The van der Waals surface area contributed by atoms with Gasteiger partial charge in [0.1, 0.15) is 13.2 Å². The first-order valence-electron chi connectivity index (χ1n) is 25.3. The van der Waals surface area contributed by atoms with Gasteiger partial charge in [0.2, 0.25) is 0 Å². The molecule has 0 saturated heterocycles. The number of hydrogen-bond donors (Lipinski definition) is 0. The van der Waals surface area contributed by atoms with Crippen LogP contribution in [-0.2, 0) is 28.6 Å². The molecule has 0 aliphatic carbocycles. The van der Waals surface area contributed by atoms with Gasteiger partial charge in [0.05, 0.1) is 0 Å². The maximum atomic E-state index is 12.7. The molecule has 0 radical (unpaired) electrons. The van der Waals surface area contributed by atoms with Gasteiger partial charge in [-0.3, -0.25) is 14.4 Å². The highest BCUT2D eigenvalue weighted by atomic mass is 16.6. The number of unbranched alkanes of at least 4 members (excludes halogenated alkanes) is 18. The number of carbonyl (C=O) groups excluding carboxylic acids is 3. The number of carbonyl (C=O) groups is 3. The van der Waals surface area contributed by atoms with Crippen molar-refractivity contribution in [2.75, 3.05) is 13.2 Å². The molecule has 352 valence electrons. The Kier molecular flexibility index (Phi) is 47.0. The Morgan fingerprint density at radius 1 is 0.355 bits per heavy atom. The van der Waals surface area contributed by atoms with Gasteiger partial charge in [-0.1, -0.05) is 201 Å². The van der Waals surface area contributed by atoms with E-state index in [0.717, 1.165) is 64.2 Å². The van der Waals surface area contributed by atoms with Crippen molar-refractivity contribution in [1.82, 2.24) is 0 Å². The first-order valence-corrected chi connectivity index (χ1v) is 25.3. The highest BCUT2D eigenvalue weighted by molar-refractivity contribution is 5.71. The molecule has 0 saturated carbocycles. The van der Waals surface area contributed by atoms with Crippen LogP contribution in [0.1, 0.15) is 220 Å². The van der Waals surface area contributed by atoms with Crippen LogP contribution in [0.25, 0.3) is 0 Å². The van der Waals surface area contributed by atoms with E-state index in [1.54, 1.807) is 0 Å². The summed E-state index contributed by atoms with van der Waals surface area (Å²) in [4.78, 5) is 37.8. The molecule has 0 amide bonds. The normalized spacial score (nSPS) is 12.9. The smallest absolute Gasteiger partial charge is 0.306 e. The Balaban J connectivity index is 4.44. The Labute approximate surface area is 381 Å². The van der Waals surface area contributed by atoms with E-state index in [2.05, 4.69) is 106 Å². The van der Waals surface area contributed by atoms with Crippen molar-refractivity contribution in [3.8, 4) is 0 Å². The van der Waals surface area contributed by atoms with E-state index >= 15 is 0 Å². The van der Waals surface area contributed by atoms with E-state index in [-0.39, 0.29) is 31.6 Å². The predicted molar refractivity (Wildman–Crippen MR) is 265 cm³/mol. The van der Waals surface area contributed by atoms with Crippen molar-refractivity contribution in [3.63, 3.8) is 0 Å². The van der Waals surface area contributed by atoms with E-state index in [9.17, 15) is 14.4 Å². The Hall–Kier alpha value is -3.67. The van der Waals surface area contributed by atoms with Gasteiger partial charge in [-0.2, -0.15) is 0 Å². The molecule has 6 nitrogen and oxygen atoms in total. The molecule has 0 rings (SSSR count). The van der Waals surface area contributed by atoms with Gasteiger partial charge in [-0.15, -0.1) is 0 Å². The maximum Gasteiger partial charge on any atom is 0.306 e. The number of ether oxygens (including phenoxy) is 3. The Morgan fingerprint density at radius 2 is 0.726 bits per heavy atom. The summed E-state index contributed by atoms with van der Waals surface area (Å²) in [5.41, 5.74) is 0. The van der Waals surface area contributed by atoms with Crippen molar-refractivity contribution in [2.24, 2.45) is 0 Å². The van der Waals surface area contributed by atoms with E-state index in [1.165, 1.54) is 103 Å². The third kappa shape index (κ3) is 47.4. The fraction of sp³-hybridized carbons (Fsp3) is 0.661. The van der Waals surface area contributed by atoms with Crippen LogP contribution in [-0.4, -0.2) is 37.2 Å². The third-order valence-electron chi connectivity index (χ3n) is 10.3. The van der Waals surface area contributed by atoms with Crippen LogP contribution in [0.5, 0.6) is 0 Å². The van der Waals surface area contributed by atoms with Crippen LogP contribution >= 0.6 is 0 Å². The number of esters is 3. The molecule has 0 bridgehead atoms. The minimum absolute atomic E-state index is 0.118. The molecule has 0 heterocycles. The van der Waals surface area contributed by atoms with Crippen LogP contribution in [0, 0.1) is 0 Å². The third-order valence-corrected chi connectivity index (χ3v) is 10.3. The minimum Gasteiger partial charge on any atom is -0.462 e.